The molecule has 0 saturated carbocycles. The van der Waals surface area contributed by atoms with Crippen LogP contribution in [0.4, 0.5) is 4.39 Å². The molecule has 1 nitrogen and oxygen atoms in total. The van der Waals surface area contributed by atoms with Gasteiger partial charge in [-0.15, -0.1) is 11.8 Å². The van der Waals surface area contributed by atoms with Crippen LogP contribution in [-0.2, 0) is 0 Å². The van der Waals surface area contributed by atoms with Crippen LogP contribution in [0.15, 0.2) is 23.1 Å². The quantitative estimate of drug-likeness (QED) is 0.848. The van der Waals surface area contributed by atoms with Gasteiger partial charge in [0.15, 0.2) is 0 Å². The molecule has 1 aromatic carbocycles. The second-order valence-corrected chi connectivity index (χ2v) is 5.18. The summed E-state index contributed by atoms with van der Waals surface area (Å²) in [5.41, 5.74) is 1.20. The minimum Gasteiger partial charge on any atom is -0.317 e. The van der Waals surface area contributed by atoms with Crippen molar-refractivity contribution in [1.29, 1.82) is 0 Å². The Kier molecular flexibility index (Phi) is 3.32. The van der Waals surface area contributed by atoms with Crippen molar-refractivity contribution in [3.8, 4) is 0 Å². The van der Waals surface area contributed by atoms with E-state index < -0.39 is 0 Å². The lowest BCUT2D eigenvalue weighted by Crippen LogP contribution is -2.23. The minimum absolute atomic E-state index is 0.113. The normalized spacial score (nSPS) is 21.4. The Labute approximate surface area is 94.5 Å². The van der Waals surface area contributed by atoms with Gasteiger partial charge in [-0.2, -0.15) is 0 Å². The van der Waals surface area contributed by atoms with E-state index in [0.717, 1.165) is 12.2 Å². The van der Waals surface area contributed by atoms with E-state index in [0.29, 0.717) is 12.0 Å². The summed E-state index contributed by atoms with van der Waals surface area (Å²) in [6.45, 7) is 2.17. The number of fused-ring (bicyclic) bond motifs is 1. The molecule has 0 fully saturated rings. The van der Waals surface area contributed by atoms with Crippen molar-refractivity contribution < 1.29 is 4.39 Å². The van der Waals surface area contributed by atoms with Crippen LogP contribution < -0.4 is 5.32 Å². The average molecular weight is 225 g/mol. The first kappa shape index (κ1) is 11.0. The van der Waals surface area contributed by atoms with Crippen LogP contribution in [0, 0.1) is 5.82 Å². The Morgan fingerprint density at radius 3 is 3.13 bits per heavy atom. The van der Waals surface area contributed by atoms with Crippen molar-refractivity contribution in [2.75, 3.05) is 12.8 Å². The molecule has 0 saturated heterocycles. The third-order valence-corrected chi connectivity index (χ3v) is 4.23. The first-order valence-corrected chi connectivity index (χ1v) is 6.28. The van der Waals surface area contributed by atoms with E-state index in [2.05, 4.69) is 12.2 Å². The minimum atomic E-state index is -0.113. The van der Waals surface area contributed by atoms with Gasteiger partial charge in [-0.25, -0.2) is 4.39 Å². The van der Waals surface area contributed by atoms with E-state index in [1.165, 1.54) is 10.5 Å². The molecule has 0 aromatic heterocycles. The van der Waals surface area contributed by atoms with E-state index in [1.54, 1.807) is 12.1 Å². The lowest BCUT2D eigenvalue weighted by molar-refractivity contribution is 0.518. The molecule has 2 rings (SSSR count). The molecule has 1 heterocycles. The molecule has 1 aromatic rings. The van der Waals surface area contributed by atoms with Gasteiger partial charge in [0.05, 0.1) is 0 Å². The molecule has 2 atom stereocenters. The van der Waals surface area contributed by atoms with Crippen LogP contribution in [0.3, 0.4) is 0 Å². The first-order chi connectivity index (χ1) is 7.20. The van der Waals surface area contributed by atoms with Gasteiger partial charge in [-0.05, 0) is 50.1 Å². The highest BCUT2D eigenvalue weighted by molar-refractivity contribution is 7.99. The number of thioether (sulfide) groups is 1. The fraction of sp³-hybridized carbons (Fsp3) is 0.500. The van der Waals surface area contributed by atoms with Crippen molar-refractivity contribution >= 4 is 11.8 Å². The lowest BCUT2D eigenvalue weighted by Gasteiger charge is -2.16. The molecule has 82 valence electrons. The van der Waals surface area contributed by atoms with Crippen LogP contribution >= 0.6 is 11.8 Å². The maximum atomic E-state index is 13.1. The molecule has 15 heavy (non-hydrogen) atoms. The van der Waals surface area contributed by atoms with Gasteiger partial charge in [0.2, 0.25) is 0 Å². The summed E-state index contributed by atoms with van der Waals surface area (Å²) >= 11 is 1.84. The smallest absolute Gasteiger partial charge is 0.123 e. The Morgan fingerprint density at radius 2 is 2.40 bits per heavy atom. The molecule has 1 aliphatic rings. The molecule has 0 amide bonds. The van der Waals surface area contributed by atoms with E-state index in [1.807, 2.05) is 24.9 Å². The van der Waals surface area contributed by atoms with Crippen LogP contribution in [0.5, 0.6) is 0 Å². The number of halogens is 1. The van der Waals surface area contributed by atoms with Crippen LogP contribution in [0.1, 0.15) is 24.8 Å². The lowest BCUT2D eigenvalue weighted by atomic mass is 9.94. The third kappa shape index (κ3) is 2.34. The summed E-state index contributed by atoms with van der Waals surface area (Å²) < 4.78 is 13.1. The molecule has 1 aliphatic heterocycles. The molecule has 0 radical (unpaired) electrons. The highest BCUT2D eigenvalue weighted by atomic mass is 32.2. The van der Waals surface area contributed by atoms with Gasteiger partial charge in [0.25, 0.3) is 0 Å². The Hall–Kier alpha value is -0.540. The van der Waals surface area contributed by atoms with Gasteiger partial charge in [-0.1, -0.05) is 0 Å². The van der Waals surface area contributed by atoms with Gasteiger partial charge >= 0.3 is 0 Å². The predicted molar refractivity (Wildman–Crippen MR) is 63.0 cm³/mol. The number of hydrogen-bond acceptors (Lipinski definition) is 2. The number of benzene rings is 1. The number of hydrogen-bond donors (Lipinski definition) is 1. The van der Waals surface area contributed by atoms with Crippen LogP contribution in [0.2, 0.25) is 0 Å². The van der Waals surface area contributed by atoms with E-state index in [-0.39, 0.29) is 5.82 Å². The second kappa shape index (κ2) is 4.54. The van der Waals surface area contributed by atoms with Crippen molar-refractivity contribution in [3.05, 3.63) is 29.6 Å². The monoisotopic (exact) mass is 225 g/mol. The molecule has 0 spiro atoms. The fourth-order valence-corrected chi connectivity index (χ4v) is 3.24. The SMILES string of the molecule is CNC(C)CC1CSc2ccc(F)cc21. The summed E-state index contributed by atoms with van der Waals surface area (Å²) in [5.74, 6) is 1.48. The van der Waals surface area contributed by atoms with Crippen molar-refractivity contribution in [2.24, 2.45) is 0 Å². The first-order valence-electron chi connectivity index (χ1n) is 5.30. The second-order valence-electron chi connectivity index (χ2n) is 4.12. The zero-order valence-electron chi connectivity index (χ0n) is 9.09. The summed E-state index contributed by atoms with van der Waals surface area (Å²) in [5, 5.41) is 3.23. The van der Waals surface area contributed by atoms with Crippen LogP contribution in [-0.4, -0.2) is 18.8 Å². The van der Waals surface area contributed by atoms with Crippen LogP contribution in [0.25, 0.3) is 0 Å². The van der Waals surface area contributed by atoms with Crippen molar-refractivity contribution in [3.63, 3.8) is 0 Å². The highest BCUT2D eigenvalue weighted by Crippen LogP contribution is 2.41. The fourth-order valence-electron chi connectivity index (χ4n) is 1.99. The van der Waals surface area contributed by atoms with Gasteiger partial charge in [-0.3, -0.25) is 0 Å². The van der Waals surface area contributed by atoms with E-state index >= 15 is 0 Å². The van der Waals surface area contributed by atoms with Gasteiger partial charge < -0.3 is 5.32 Å². The highest BCUT2D eigenvalue weighted by Gasteiger charge is 2.24. The zero-order valence-corrected chi connectivity index (χ0v) is 9.90. The topological polar surface area (TPSA) is 12.0 Å². The number of nitrogens with one attached hydrogen (secondary N) is 1. The van der Waals surface area contributed by atoms with Gasteiger partial charge in [0, 0.05) is 16.7 Å². The predicted octanol–water partition coefficient (Wildman–Crippen LogP) is 3.01. The number of rotatable bonds is 3. The third-order valence-electron chi connectivity index (χ3n) is 2.98. The molecule has 0 aliphatic carbocycles. The average Bonchev–Trinajstić information content (AvgIpc) is 2.61. The summed E-state index contributed by atoms with van der Waals surface area (Å²) in [4.78, 5) is 1.25. The summed E-state index contributed by atoms with van der Waals surface area (Å²) in [7, 11) is 1.97. The van der Waals surface area contributed by atoms with E-state index in [9.17, 15) is 4.39 Å². The molecule has 0 bridgehead atoms. The Bertz CT molecular complexity index is 353. The standard InChI is InChI=1S/C12H16FNS/c1-8(14-2)5-9-7-15-12-4-3-10(13)6-11(9)12/h3-4,6,8-9,14H,5,7H2,1-2H3. The molecule has 1 N–H and O–H groups in total. The molecule has 2 unspecified atom stereocenters. The molecular formula is C12H16FNS. The largest absolute Gasteiger partial charge is 0.317 e. The molecule has 3 heteroatoms. The Morgan fingerprint density at radius 1 is 1.60 bits per heavy atom. The summed E-state index contributed by atoms with van der Waals surface area (Å²) in [6, 6.07) is 5.64. The van der Waals surface area contributed by atoms with Crippen molar-refractivity contribution in [1.82, 2.24) is 5.32 Å². The van der Waals surface area contributed by atoms with Gasteiger partial charge in [0.1, 0.15) is 5.82 Å². The van der Waals surface area contributed by atoms with Crippen molar-refractivity contribution in [2.45, 2.75) is 30.2 Å². The maximum absolute atomic E-state index is 13.1. The zero-order chi connectivity index (χ0) is 10.8. The summed E-state index contributed by atoms with van der Waals surface area (Å²) in [6.07, 6.45) is 1.08. The maximum Gasteiger partial charge on any atom is 0.123 e. The Balaban J connectivity index is 2.16. The molecular weight excluding hydrogens is 209 g/mol. The van der Waals surface area contributed by atoms with E-state index in [4.69, 9.17) is 0 Å².